The van der Waals surface area contributed by atoms with Gasteiger partial charge in [0.05, 0.1) is 6.10 Å². The van der Waals surface area contributed by atoms with Crippen LogP contribution in [0.15, 0.2) is 21.3 Å². The summed E-state index contributed by atoms with van der Waals surface area (Å²) in [7, 11) is 0. The summed E-state index contributed by atoms with van der Waals surface area (Å²) in [4.78, 5) is 0. The second kappa shape index (κ2) is 4.83. The molecule has 0 spiro atoms. The molecular weight excluding hydrogens is 371 g/mol. The van der Waals surface area contributed by atoms with Gasteiger partial charge in [0, 0.05) is 0 Å². The van der Waals surface area contributed by atoms with Gasteiger partial charge in [-0.2, -0.15) is 0 Å². The summed E-state index contributed by atoms with van der Waals surface area (Å²) >= 11 is 2.52. The molecule has 1 N–H and O–H groups in total. The van der Waals surface area contributed by atoms with Gasteiger partial charge in [0.2, 0.25) is 0 Å². The maximum Gasteiger partial charge on any atom is 0.0596 e. The number of halogens is 1. The molecule has 2 saturated carbocycles. The zero-order chi connectivity index (χ0) is 14.8. The van der Waals surface area contributed by atoms with E-state index in [1.54, 1.807) is 5.57 Å². The molecule has 0 amide bonds. The SMILES string of the molecule is C[C@]12CC[C@H]3[C@@H](CC=C4C=C(I)CC[C@@]43C)[C@@H]1CC[C@@H]2O. The van der Waals surface area contributed by atoms with E-state index in [0.717, 1.165) is 24.2 Å². The van der Waals surface area contributed by atoms with Crippen molar-refractivity contribution in [2.75, 3.05) is 0 Å². The van der Waals surface area contributed by atoms with E-state index in [1.165, 1.54) is 42.1 Å². The largest absolute Gasteiger partial charge is 0.393 e. The Morgan fingerprint density at radius 1 is 1.14 bits per heavy atom. The minimum absolute atomic E-state index is 0.0474. The minimum atomic E-state index is -0.0474. The minimum Gasteiger partial charge on any atom is -0.393 e. The van der Waals surface area contributed by atoms with E-state index in [4.69, 9.17) is 0 Å². The van der Waals surface area contributed by atoms with Crippen LogP contribution in [-0.4, -0.2) is 11.2 Å². The predicted molar refractivity (Wildman–Crippen MR) is 95.2 cm³/mol. The lowest BCUT2D eigenvalue weighted by molar-refractivity contribution is -0.0624. The topological polar surface area (TPSA) is 20.2 Å². The molecule has 0 radical (unpaired) electrons. The van der Waals surface area contributed by atoms with Crippen molar-refractivity contribution in [1.29, 1.82) is 0 Å². The lowest BCUT2D eigenvalue weighted by Crippen LogP contribution is -2.50. The van der Waals surface area contributed by atoms with E-state index in [-0.39, 0.29) is 11.5 Å². The number of hydrogen-bond acceptors (Lipinski definition) is 1. The average molecular weight is 398 g/mol. The second-order valence-corrected chi connectivity index (χ2v) is 9.80. The van der Waals surface area contributed by atoms with Gasteiger partial charge in [-0.15, -0.1) is 0 Å². The van der Waals surface area contributed by atoms with Crippen molar-refractivity contribution < 1.29 is 5.11 Å². The second-order valence-electron chi connectivity index (χ2n) is 8.42. The molecule has 2 heteroatoms. The van der Waals surface area contributed by atoms with Gasteiger partial charge in [-0.05, 0) is 111 Å². The Bertz CT molecular complexity index is 522. The van der Waals surface area contributed by atoms with Gasteiger partial charge in [-0.1, -0.05) is 19.9 Å². The van der Waals surface area contributed by atoms with Crippen LogP contribution in [0.2, 0.25) is 0 Å². The van der Waals surface area contributed by atoms with Crippen LogP contribution < -0.4 is 0 Å². The Morgan fingerprint density at radius 2 is 1.95 bits per heavy atom. The van der Waals surface area contributed by atoms with Gasteiger partial charge in [-0.3, -0.25) is 0 Å². The monoisotopic (exact) mass is 398 g/mol. The van der Waals surface area contributed by atoms with E-state index in [9.17, 15) is 5.11 Å². The molecule has 0 aliphatic heterocycles. The molecule has 0 aromatic heterocycles. The zero-order valence-corrected chi connectivity index (χ0v) is 15.4. The number of fused-ring (bicyclic) bond motifs is 5. The van der Waals surface area contributed by atoms with Crippen LogP contribution in [0.25, 0.3) is 0 Å². The highest BCUT2D eigenvalue weighted by molar-refractivity contribution is 14.1. The van der Waals surface area contributed by atoms with Crippen LogP contribution in [0.3, 0.4) is 0 Å². The molecule has 0 unspecified atom stereocenters. The van der Waals surface area contributed by atoms with Gasteiger partial charge in [0.15, 0.2) is 0 Å². The van der Waals surface area contributed by atoms with Crippen molar-refractivity contribution in [3.05, 3.63) is 21.3 Å². The first kappa shape index (κ1) is 14.7. The van der Waals surface area contributed by atoms with Gasteiger partial charge in [-0.25, -0.2) is 0 Å². The molecule has 0 heterocycles. The molecule has 0 aromatic rings. The van der Waals surface area contributed by atoms with Crippen LogP contribution >= 0.6 is 22.6 Å². The molecule has 116 valence electrons. The van der Waals surface area contributed by atoms with Crippen molar-refractivity contribution >= 4 is 22.6 Å². The Hall–Kier alpha value is 0.170. The van der Waals surface area contributed by atoms with Crippen LogP contribution in [-0.2, 0) is 0 Å². The van der Waals surface area contributed by atoms with Crippen molar-refractivity contribution in [3.8, 4) is 0 Å². The zero-order valence-electron chi connectivity index (χ0n) is 13.2. The Kier molecular flexibility index (Phi) is 3.39. The highest BCUT2D eigenvalue weighted by Gasteiger charge is 2.57. The van der Waals surface area contributed by atoms with Crippen molar-refractivity contribution in [2.24, 2.45) is 28.6 Å². The highest BCUT2D eigenvalue weighted by Crippen LogP contribution is 2.64. The summed E-state index contributed by atoms with van der Waals surface area (Å²) in [6, 6.07) is 0. The lowest BCUT2D eigenvalue weighted by atomic mass is 9.49. The molecule has 4 rings (SSSR count). The molecule has 1 nitrogen and oxygen atoms in total. The first-order valence-corrected chi connectivity index (χ1v) is 9.78. The first-order valence-electron chi connectivity index (χ1n) is 8.70. The summed E-state index contributed by atoms with van der Waals surface area (Å²) < 4.78 is 1.53. The summed E-state index contributed by atoms with van der Waals surface area (Å²) in [5.74, 6) is 2.42. The third-order valence-electron chi connectivity index (χ3n) is 7.67. The number of aliphatic hydroxyl groups is 1. The quantitative estimate of drug-likeness (QED) is 0.554. The van der Waals surface area contributed by atoms with Crippen molar-refractivity contribution in [3.63, 3.8) is 0 Å². The normalized spacial score (nSPS) is 52.4. The summed E-state index contributed by atoms with van der Waals surface area (Å²) in [6.45, 7) is 4.90. The first-order chi connectivity index (χ1) is 9.95. The van der Waals surface area contributed by atoms with E-state index in [2.05, 4.69) is 48.6 Å². The molecule has 0 saturated heterocycles. The molecule has 0 aromatic carbocycles. The van der Waals surface area contributed by atoms with Crippen molar-refractivity contribution in [2.45, 2.75) is 64.9 Å². The molecular formula is C19H27IO. The fraction of sp³-hybridized carbons (Fsp3) is 0.789. The van der Waals surface area contributed by atoms with E-state index in [1.807, 2.05) is 0 Å². The predicted octanol–water partition coefficient (Wildman–Crippen LogP) is 5.24. The Labute approximate surface area is 142 Å². The highest BCUT2D eigenvalue weighted by atomic mass is 127. The summed E-state index contributed by atoms with van der Waals surface area (Å²) in [6.07, 6.45) is 13.7. The number of aliphatic hydroxyl groups excluding tert-OH is 1. The van der Waals surface area contributed by atoms with Gasteiger partial charge < -0.3 is 5.11 Å². The maximum atomic E-state index is 10.5. The summed E-state index contributed by atoms with van der Waals surface area (Å²) in [5, 5.41) is 10.5. The van der Waals surface area contributed by atoms with Gasteiger partial charge in [0.25, 0.3) is 0 Å². The number of hydrogen-bond donors (Lipinski definition) is 1. The van der Waals surface area contributed by atoms with Gasteiger partial charge in [0.1, 0.15) is 0 Å². The third kappa shape index (κ3) is 1.97. The summed E-state index contributed by atoms with van der Waals surface area (Å²) in [5.41, 5.74) is 2.25. The smallest absolute Gasteiger partial charge is 0.0596 e. The van der Waals surface area contributed by atoms with Gasteiger partial charge >= 0.3 is 0 Å². The fourth-order valence-corrected chi connectivity index (χ4v) is 6.87. The lowest BCUT2D eigenvalue weighted by Gasteiger charge is -2.56. The Morgan fingerprint density at radius 3 is 2.76 bits per heavy atom. The van der Waals surface area contributed by atoms with Crippen LogP contribution in [0.1, 0.15) is 58.8 Å². The standard InChI is InChI=1S/C19H27IO/c1-18-9-7-13(20)11-12(18)3-4-14-15-5-6-17(21)19(15,2)10-8-16(14)18/h3,11,14-17,21H,4-10H2,1-2H3/t14-,15-,16-,17-,18-,19-/m0/s1. The van der Waals surface area contributed by atoms with Crippen molar-refractivity contribution in [1.82, 2.24) is 0 Å². The number of allylic oxidation sites excluding steroid dienone is 4. The van der Waals surface area contributed by atoms with E-state index >= 15 is 0 Å². The van der Waals surface area contributed by atoms with Crippen LogP contribution in [0.5, 0.6) is 0 Å². The third-order valence-corrected chi connectivity index (χ3v) is 8.52. The van der Waals surface area contributed by atoms with E-state index < -0.39 is 0 Å². The van der Waals surface area contributed by atoms with Crippen LogP contribution in [0.4, 0.5) is 0 Å². The molecule has 21 heavy (non-hydrogen) atoms. The Balaban J connectivity index is 1.72. The number of rotatable bonds is 0. The fourth-order valence-electron chi connectivity index (χ4n) is 6.26. The molecule has 0 bridgehead atoms. The average Bonchev–Trinajstić information content (AvgIpc) is 2.76. The van der Waals surface area contributed by atoms with E-state index in [0.29, 0.717) is 5.41 Å². The van der Waals surface area contributed by atoms with Crippen LogP contribution in [0, 0.1) is 28.6 Å². The molecule has 6 atom stereocenters. The molecule has 4 aliphatic rings. The molecule has 2 fully saturated rings. The molecule has 4 aliphatic carbocycles. The maximum absolute atomic E-state index is 10.5.